The summed E-state index contributed by atoms with van der Waals surface area (Å²) in [5.41, 5.74) is 2.96. The summed E-state index contributed by atoms with van der Waals surface area (Å²) in [6.07, 6.45) is 3.66. The maximum absolute atomic E-state index is 13.6. The molecule has 1 N–H and O–H groups in total. The summed E-state index contributed by atoms with van der Waals surface area (Å²) in [6.45, 7) is 2.69. The lowest BCUT2D eigenvalue weighted by Crippen LogP contribution is -2.27. The van der Waals surface area contributed by atoms with Gasteiger partial charge < -0.3 is 9.88 Å². The number of nitrogens with zero attached hydrogens (tertiary/aromatic N) is 2. The lowest BCUT2D eigenvalue weighted by atomic mass is 10.1. The van der Waals surface area contributed by atoms with E-state index in [1.165, 1.54) is 6.07 Å². The smallest absolute Gasteiger partial charge is 0.251 e. The van der Waals surface area contributed by atoms with E-state index in [-0.39, 0.29) is 11.9 Å². The van der Waals surface area contributed by atoms with Crippen LogP contribution in [-0.2, 0) is 0 Å². The number of rotatable bonds is 4. The molecule has 144 valence electrons. The van der Waals surface area contributed by atoms with E-state index in [0.717, 1.165) is 24.5 Å². The Kier molecular flexibility index (Phi) is 3.96. The first-order valence-corrected chi connectivity index (χ1v) is 9.67. The quantitative estimate of drug-likeness (QED) is 0.734. The summed E-state index contributed by atoms with van der Waals surface area (Å²) < 4.78 is 29.0. The zero-order valence-corrected chi connectivity index (χ0v) is 15.5. The highest BCUT2D eigenvalue weighted by Crippen LogP contribution is 2.60. The maximum Gasteiger partial charge on any atom is 0.251 e. The Hall–Kier alpha value is -2.76. The fourth-order valence-corrected chi connectivity index (χ4v) is 4.81. The summed E-state index contributed by atoms with van der Waals surface area (Å²) in [5.74, 6) is -0.0723. The van der Waals surface area contributed by atoms with Crippen molar-refractivity contribution in [3.8, 4) is 0 Å². The second-order valence-electron chi connectivity index (χ2n) is 8.10. The molecule has 2 saturated carbocycles. The first kappa shape index (κ1) is 17.3. The second-order valence-corrected chi connectivity index (χ2v) is 8.10. The lowest BCUT2D eigenvalue weighted by molar-refractivity contribution is 0.0950. The molecule has 2 aromatic carbocycles. The van der Waals surface area contributed by atoms with Crippen molar-refractivity contribution >= 4 is 16.9 Å². The number of benzene rings is 2. The first-order chi connectivity index (χ1) is 13.5. The van der Waals surface area contributed by atoms with Crippen molar-refractivity contribution in [3.05, 3.63) is 65.5 Å². The molecule has 1 amide bonds. The molecule has 2 aliphatic rings. The average molecular weight is 381 g/mol. The van der Waals surface area contributed by atoms with E-state index < -0.39 is 11.6 Å². The Bertz CT molecular complexity index is 1050. The molecule has 4 nitrogen and oxygen atoms in total. The minimum absolute atomic E-state index is 0.0281. The van der Waals surface area contributed by atoms with Crippen LogP contribution in [0.5, 0.6) is 0 Å². The van der Waals surface area contributed by atoms with E-state index in [0.29, 0.717) is 40.9 Å². The molecule has 6 heteroatoms. The highest BCUT2D eigenvalue weighted by atomic mass is 19.2. The molecule has 2 fully saturated rings. The van der Waals surface area contributed by atoms with Gasteiger partial charge in [0, 0.05) is 30.3 Å². The molecule has 3 aromatic rings. The van der Waals surface area contributed by atoms with Crippen molar-refractivity contribution in [1.29, 1.82) is 0 Å². The van der Waals surface area contributed by atoms with Gasteiger partial charge in [-0.3, -0.25) is 4.79 Å². The summed E-state index contributed by atoms with van der Waals surface area (Å²) in [4.78, 5) is 16.5. The third-order valence-corrected chi connectivity index (χ3v) is 6.42. The third kappa shape index (κ3) is 2.87. The van der Waals surface area contributed by atoms with Crippen molar-refractivity contribution < 1.29 is 13.6 Å². The predicted octanol–water partition coefficient (Wildman–Crippen LogP) is 4.25. The highest BCUT2D eigenvalue weighted by molar-refractivity contribution is 5.94. The Morgan fingerprint density at radius 1 is 1.14 bits per heavy atom. The van der Waals surface area contributed by atoms with Gasteiger partial charge in [-0.05, 0) is 49.7 Å². The number of hydrogen-bond donors (Lipinski definition) is 1. The predicted molar refractivity (Wildman–Crippen MR) is 102 cm³/mol. The van der Waals surface area contributed by atoms with Crippen LogP contribution in [0.1, 0.15) is 34.8 Å². The molecule has 28 heavy (non-hydrogen) atoms. The van der Waals surface area contributed by atoms with Crippen LogP contribution in [0, 0.1) is 36.3 Å². The molecule has 1 heterocycles. The van der Waals surface area contributed by atoms with Crippen molar-refractivity contribution in [2.45, 2.75) is 25.8 Å². The van der Waals surface area contributed by atoms with E-state index in [2.05, 4.69) is 10.3 Å². The van der Waals surface area contributed by atoms with Gasteiger partial charge in [-0.15, -0.1) is 0 Å². The van der Waals surface area contributed by atoms with Gasteiger partial charge in [0.2, 0.25) is 0 Å². The number of carbonyl (C=O) groups excluding carboxylic acids is 1. The van der Waals surface area contributed by atoms with Gasteiger partial charge in [0.15, 0.2) is 11.6 Å². The standard InChI is InChI=1S/C22H21F2N3O/c1-12-2-4-13(5-3-12)22(28)25-10-17-15-6-14(7-16(15)17)27-11-26-20-8-18(23)19(24)9-21(20)27/h2-5,8-9,11,14-17H,6-7,10H2,1H3,(H,25,28)/t14-,15-,16+,17+. The molecular formula is C22H21F2N3O. The van der Waals surface area contributed by atoms with Crippen molar-refractivity contribution in [2.24, 2.45) is 17.8 Å². The zero-order valence-electron chi connectivity index (χ0n) is 15.5. The maximum atomic E-state index is 13.6. The number of fused-ring (bicyclic) bond motifs is 2. The van der Waals surface area contributed by atoms with E-state index in [4.69, 9.17) is 0 Å². The number of hydrogen-bond acceptors (Lipinski definition) is 2. The largest absolute Gasteiger partial charge is 0.352 e. The third-order valence-electron chi connectivity index (χ3n) is 6.42. The topological polar surface area (TPSA) is 46.9 Å². The Morgan fingerprint density at radius 2 is 1.82 bits per heavy atom. The normalized spacial score (nSPS) is 25.7. The molecule has 4 atom stereocenters. The second kappa shape index (κ2) is 6.40. The van der Waals surface area contributed by atoms with E-state index in [1.54, 1.807) is 6.33 Å². The summed E-state index contributed by atoms with van der Waals surface area (Å²) >= 11 is 0. The Labute approximate surface area is 161 Å². The number of aryl methyl sites for hydroxylation is 1. The van der Waals surface area contributed by atoms with Crippen LogP contribution in [0.25, 0.3) is 11.0 Å². The highest BCUT2D eigenvalue weighted by Gasteiger charge is 2.56. The molecule has 1 aromatic heterocycles. The molecule has 0 radical (unpaired) electrons. The summed E-state index contributed by atoms with van der Waals surface area (Å²) in [5, 5.41) is 3.05. The fourth-order valence-electron chi connectivity index (χ4n) is 4.81. The number of carbonyl (C=O) groups is 1. The molecule has 0 unspecified atom stereocenters. The molecule has 0 saturated heterocycles. The number of imidazole rings is 1. The summed E-state index contributed by atoms with van der Waals surface area (Å²) in [6, 6.07) is 10.2. The van der Waals surface area contributed by atoms with Gasteiger partial charge in [0.1, 0.15) is 0 Å². The van der Waals surface area contributed by atoms with Gasteiger partial charge in [-0.2, -0.15) is 0 Å². The molecule has 2 aliphatic carbocycles. The van der Waals surface area contributed by atoms with E-state index >= 15 is 0 Å². The van der Waals surface area contributed by atoms with Gasteiger partial charge >= 0.3 is 0 Å². The number of nitrogens with one attached hydrogen (secondary N) is 1. The van der Waals surface area contributed by atoms with Gasteiger partial charge in [0.25, 0.3) is 5.91 Å². The molecular weight excluding hydrogens is 360 g/mol. The molecule has 0 aliphatic heterocycles. The van der Waals surface area contributed by atoms with Crippen molar-refractivity contribution in [1.82, 2.24) is 14.9 Å². The first-order valence-electron chi connectivity index (χ1n) is 9.67. The number of halogens is 2. The molecule has 5 rings (SSSR count). The monoisotopic (exact) mass is 381 g/mol. The van der Waals surface area contributed by atoms with Crippen LogP contribution in [0.3, 0.4) is 0 Å². The summed E-state index contributed by atoms with van der Waals surface area (Å²) in [7, 11) is 0. The Morgan fingerprint density at radius 3 is 2.54 bits per heavy atom. The van der Waals surface area contributed by atoms with Crippen LogP contribution in [0.2, 0.25) is 0 Å². The van der Waals surface area contributed by atoms with Crippen molar-refractivity contribution in [3.63, 3.8) is 0 Å². The van der Waals surface area contributed by atoms with Crippen LogP contribution >= 0.6 is 0 Å². The van der Waals surface area contributed by atoms with Crippen LogP contribution in [-0.4, -0.2) is 22.0 Å². The Balaban J connectivity index is 1.20. The number of aromatic nitrogens is 2. The van der Waals surface area contributed by atoms with Crippen LogP contribution in [0.4, 0.5) is 8.78 Å². The van der Waals surface area contributed by atoms with E-state index in [1.807, 2.05) is 35.8 Å². The molecule has 0 spiro atoms. The average Bonchev–Trinajstić information content (AvgIpc) is 3.00. The lowest BCUT2D eigenvalue weighted by Gasteiger charge is -2.17. The van der Waals surface area contributed by atoms with Crippen LogP contribution in [0.15, 0.2) is 42.7 Å². The van der Waals surface area contributed by atoms with Crippen molar-refractivity contribution in [2.75, 3.05) is 6.54 Å². The zero-order chi connectivity index (χ0) is 19.4. The van der Waals surface area contributed by atoms with Crippen LogP contribution < -0.4 is 5.32 Å². The SMILES string of the molecule is Cc1ccc(C(=O)NC[C@@H]2[C@H]3C[C@H](n4cnc5cc(F)c(F)cc54)C[C@@H]23)cc1. The van der Waals surface area contributed by atoms with Gasteiger partial charge in [-0.25, -0.2) is 13.8 Å². The number of amides is 1. The van der Waals surface area contributed by atoms with E-state index in [9.17, 15) is 13.6 Å². The van der Waals surface area contributed by atoms with Gasteiger partial charge in [0.05, 0.1) is 17.4 Å². The minimum atomic E-state index is -0.864. The fraction of sp³-hybridized carbons (Fsp3) is 0.364. The van der Waals surface area contributed by atoms with Gasteiger partial charge in [-0.1, -0.05) is 17.7 Å². The molecule has 0 bridgehead atoms. The minimum Gasteiger partial charge on any atom is -0.352 e.